The summed E-state index contributed by atoms with van der Waals surface area (Å²) < 4.78 is 5.48. The van der Waals surface area contributed by atoms with Crippen LogP contribution < -0.4 is 16.0 Å². The van der Waals surface area contributed by atoms with Crippen molar-refractivity contribution >= 4 is 29.2 Å². The van der Waals surface area contributed by atoms with Gasteiger partial charge in [-0.25, -0.2) is 4.79 Å². The molecule has 1 aliphatic carbocycles. The van der Waals surface area contributed by atoms with Crippen LogP contribution in [-0.2, 0) is 19.7 Å². The molecule has 0 bridgehead atoms. The Balaban J connectivity index is 1.30. The number of carbonyl (C=O) groups excluding carboxylic acids is 3. The molecule has 190 valence electrons. The first-order valence-electron chi connectivity index (χ1n) is 13.0. The highest BCUT2D eigenvalue weighted by Crippen LogP contribution is 2.45. The van der Waals surface area contributed by atoms with Gasteiger partial charge in [-0.1, -0.05) is 25.3 Å². The van der Waals surface area contributed by atoms with E-state index >= 15 is 0 Å². The number of ether oxygens (including phenoxy) is 1. The van der Waals surface area contributed by atoms with Crippen molar-refractivity contribution in [3.05, 3.63) is 23.8 Å². The molecule has 35 heavy (non-hydrogen) atoms. The molecule has 1 unspecified atom stereocenters. The molecule has 1 aromatic rings. The van der Waals surface area contributed by atoms with Gasteiger partial charge in [0.2, 0.25) is 11.8 Å². The molecule has 1 spiro atoms. The number of hydrogen-bond donors (Lipinski definition) is 3. The van der Waals surface area contributed by atoms with Gasteiger partial charge in [0.05, 0.1) is 5.41 Å². The molecule has 3 N–H and O–H groups in total. The molecule has 4 aliphatic rings. The highest BCUT2D eigenvalue weighted by molar-refractivity contribution is 6.07. The molecular weight excluding hydrogens is 446 g/mol. The van der Waals surface area contributed by atoms with Crippen LogP contribution >= 0.6 is 0 Å². The second-order valence-electron chi connectivity index (χ2n) is 10.5. The lowest BCUT2D eigenvalue weighted by Crippen LogP contribution is -2.56. The first-order chi connectivity index (χ1) is 17.0. The van der Waals surface area contributed by atoms with Crippen LogP contribution in [0.3, 0.4) is 0 Å². The third-order valence-corrected chi connectivity index (χ3v) is 8.31. The van der Waals surface area contributed by atoms with Crippen LogP contribution in [0.15, 0.2) is 18.2 Å². The van der Waals surface area contributed by atoms with E-state index in [1.54, 1.807) is 4.90 Å². The number of amides is 4. The van der Waals surface area contributed by atoms with E-state index in [0.717, 1.165) is 50.0 Å². The van der Waals surface area contributed by atoms with Crippen molar-refractivity contribution in [3.8, 4) is 0 Å². The van der Waals surface area contributed by atoms with Crippen molar-refractivity contribution in [2.75, 3.05) is 57.1 Å². The smallest absolute Gasteiger partial charge is 0.318 e. The number of carbonyl (C=O) groups is 3. The third kappa shape index (κ3) is 4.89. The minimum absolute atomic E-state index is 0.0128. The quantitative estimate of drug-likeness (QED) is 0.611. The SMILES string of the molecule is CN1CCN(C(=O)NC(C(=O)Nc2ccc3c(c2)NC(=O)C32CCOCC2)C2CCCCC2)CC1. The van der Waals surface area contributed by atoms with Crippen molar-refractivity contribution in [2.24, 2.45) is 5.92 Å². The normalized spacial score (nSPS) is 23.5. The number of fused-ring (bicyclic) bond motifs is 2. The van der Waals surface area contributed by atoms with Crippen molar-refractivity contribution < 1.29 is 19.1 Å². The number of piperazine rings is 1. The Morgan fingerprint density at radius 1 is 1.09 bits per heavy atom. The monoisotopic (exact) mass is 483 g/mol. The van der Waals surface area contributed by atoms with E-state index in [4.69, 9.17) is 4.74 Å². The molecule has 9 heteroatoms. The second kappa shape index (κ2) is 10.1. The zero-order valence-corrected chi connectivity index (χ0v) is 20.6. The lowest BCUT2D eigenvalue weighted by Gasteiger charge is -2.35. The number of nitrogens with zero attached hydrogens (tertiary/aromatic N) is 2. The number of hydrogen-bond acceptors (Lipinski definition) is 5. The zero-order valence-electron chi connectivity index (χ0n) is 20.6. The molecule has 1 saturated carbocycles. The van der Waals surface area contributed by atoms with Crippen LogP contribution in [0.1, 0.15) is 50.5 Å². The van der Waals surface area contributed by atoms with Crippen LogP contribution in [0, 0.1) is 5.92 Å². The van der Waals surface area contributed by atoms with Gasteiger partial charge in [0.15, 0.2) is 0 Å². The third-order valence-electron chi connectivity index (χ3n) is 8.31. The van der Waals surface area contributed by atoms with E-state index in [-0.39, 0.29) is 23.8 Å². The van der Waals surface area contributed by atoms with Gasteiger partial charge in [0.25, 0.3) is 0 Å². The molecule has 1 atom stereocenters. The molecule has 0 aromatic heterocycles. The molecular formula is C26H37N5O4. The fraction of sp³-hybridized carbons (Fsp3) is 0.654. The summed E-state index contributed by atoms with van der Waals surface area (Å²) >= 11 is 0. The lowest BCUT2D eigenvalue weighted by molar-refractivity contribution is -0.124. The zero-order chi connectivity index (χ0) is 24.4. The molecule has 2 saturated heterocycles. The minimum atomic E-state index is -0.577. The lowest BCUT2D eigenvalue weighted by atomic mass is 9.75. The van der Waals surface area contributed by atoms with Crippen LogP contribution in [0.4, 0.5) is 16.2 Å². The summed E-state index contributed by atoms with van der Waals surface area (Å²) in [5.41, 5.74) is 1.84. The maximum atomic E-state index is 13.5. The van der Waals surface area contributed by atoms with E-state index in [9.17, 15) is 14.4 Å². The summed E-state index contributed by atoms with van der Waals surface area (Å²) in [5, 5.41) is 9.12. The Morgan fingerprint density at radius 3 is 2.51 bits per heavy atom. The number of rotatable bonds is 4. The number of likely N-dealkylation sites (N-methyl/N-ethyl adjacent to an activating group) is 1. The van der Waals surface area contributed by atoms with Crippen LogP contribution in [0.5, 0.6) is 0 Å². The van der Waals surface area contributed by atoms with Gasteiger partial charge in [-0.05, 0) is 56.3 Å². The van der Waals surface area contributed by atoms with E-state index < -0.39 is 11.5 Å². The Bertz CT molecular complexity index is 962. The van der Waals surface area contributed by atoms with Gasteiger partial charge in [-0.2, -0.15) is 0 Å². The summed E-state index contributed by atoms with van der Waals surface area (Å²) in [6.45, 7) is 4.14. The fourth-order valence-electron chi connectivity index (χ4n) is 6.04. The van der Waals surface area contributed by atoms with Crippen LogP contribution in [0.25, 0.3) is 0 Å². The highest BCUT2D eigenvalue weighted by Gasteiger charge is 2.47. The molecule has 3 aliphatic heterocycles. The van der Waals surface area contributed by atoms with Gasteiger partial charge in [0.1, 0.15) is 6.04 Å². The molecule has 4 amide bonds. The summed E-state index contributed by atoms with van der Waals surface area (Å²) in [5.74, 6) is -0.0527. The van der Waals surface area contributed by atoms with Gasteiger partial charge in [0, 0.05) is 50.8 Å². The first-order valence-corrected chi connectivity index (χ1v) is 13.0. The average Bonchev–Trinajstić information content (AvgIpc) is 3.13. The summed E-state index contributed by atoms with van der Waals surface area (Å²) in [6.07, 6.45) is 6.54. The van der Waals surface area contributed by atoms with Gasteiger partial charge >= 0.3 is 6.03 Å². The predicted octanol–water partition coefficient (Wildman–Crippen LogP) is 2.53. The average molecular weight is 484 g/mol. The first kappa shape index (κ1) is 24.1. The predicted molar refractivity (Wildman–Crippen MR) is 133 cm³/mol. The largest absolute Gasteiger partial charge is 0.381 e. The summed E-state index contributed by atoms with van der Waals surface area (Å²) in [6, 6.07) is 4.93. The maximum Gasteiger partial charge on any atom is 0.318 e. The van der Waals surface area contributed by atoms with Crippen molar-refractivity contribution in [3.63, 3.8) is 0 Å². The van der Waals surface area contributed by atoms with E-state index in [1.165, 1.54) is 6.42 Å². The van der Waals surface area contributed by atoms with E-state index in [1.807, 2.05) is 18.2 Å². The molecule has 3 heterocycles. The minimum Gasteiger partial charge on any atom is -0.381 e. The Kier molecular flexibility index (Phi) is 6.98. The van der Waals surface area contributed by atoms with Crippen molar-refractivity contribution in [1.82, 2.24) is 15.1 Å². The molecule has 0 radical (unpaired) electrons. The molecule has 5 rings (SSSR count). The van der Waals surface area contributed by atoms with Crippen LogP contribution in [0.2, 0.25) is 0 Å². The number of urea groups is 1. The van der Waals surface area contributed by atoms with Gasteiger partial charge in [-0.15, -0.1) is 0 Å². The Hall–Kier alpha value is -2.65. The molecule has 1 aromatic carbocycles. The topological polar surface area (TPSA) is 103 Å². The van der Waals surface area contributed by atoms with Crippen molar-refractivity contribution in [1.29, 1.82) is 0 Å². The summed E-state index contributed by atoms with van der Waals surface area (Å²) in [4.78, 5) is 43.4. The highest BCUT2D eigenvalue weighted by atomic mass is 16.5. The molecule has 9 nitrogen and oxygen atoms in total. The Labute approximate surface area is 206 Å². The summed E-state index contributed by atoms with van der Waals surface area (Å²) in [7, 11) is 2.05. The van der Waals surface area contributed by atoms with Gasteiger partial charge in [-0.3, -0.25) is 9.59 Å². The second-order valence-corrected chi connectivity index (χ2v) is 10.5. The number of anilines is 2. The standard InChI is InChI=1S/C26H37N5O4/c1-30-11-13-31(14-12-30)25(34)29-22(18-5-3-2-4-6-18)23(32)27-19-7-8-20-21(17-19)28-24(33)26(20)9-15-35-16-10-26/h7-8,17-18,22H,2-6,9-16H2,1H3,(H,27,32)(H,28,33)(H,29,34). The van der Waals surface area contributed by atoms with Gasteiger partial charge < -0.3 is 30.5 Å². The number of nitrogens with one attached hydrogen (secondary N) is 3. The Morgan fingerprint density at radius 2 is 1.80 bits per heavy atom. The number of benzene rings is 1. The maximum absolute atomic E-state index is 13.5. The molecule has 3 fully saturated rings. The van der Waals surface area contributed by atoms with E-state index in [2.05, 4.69) is 27.9 Å². The fourth-order valence-corrected chi connectivity index (χ4v) is 6.04. The van der Waals surface area contributed by atoms with Crippen LogP contribution in [-0.4, -0.2) is 80.1 Å². The van der Waals surface area contributed by atoms with Crippen molar-refractivity contribution in [2.45, 2.75) is 56.4 Å². The van der Waals surface area contributed by atoms with E-state index in [0.29, 0.717) is 44.8 Å².